The van der Waals surface area contributed by atoms with E-state index in [0.29, 0.717) is 0 Å². The van der Waals surface area contributed by atoms with Crippen LogP contribution in [0.25, 0.3) is 0 Å². The normalized spacial score (nSPS) is 34.7. The number of ether oxygens (including phenoxy) is 1. The second-order valence-electron chi connectivity index (χ2n) is 3.96. The molecule has 1 aliphatic heterocycles. The minimum absolute atomic E-state index is 0. The van der Waals surface area contributed by atoms with Gasteiger partial charge in [-0.2, -0.15) is 0 Å². The first-order valence-corrected chi connectivity index (χ1v) is 4.88. The number of hydrogen-bond acceptors (Lipinski definition) is 2. The van der Waals surface area contributed by atoms with Gasteiger partial charge in [-0.15, -0.1) is 12.4 Å². The molecule has 1 saturated carbocycles. The van der Waals surface area contributed by atoms with Crippen LogP contribution in [-0.4, -0.2) is 31.7 Å². The standard InChI is InChI=1S/C9H15F2NO.ClH/c10-9(11)4-7(9)6-13-8-2-1-3-12-5-8;/h7-8,12H,1-6H2;1H. The van der Waals surface area contributed by atoms with E-state index in [2.05, 4.69) is 5.32 Å². The minimum Gasteiger partial charge on any atom is -0.376 e. The van der Waals surface area contributed by atoms with Crippen molar-refractivity contribution in [2.24, 2.45) is 5.92 Å². The highest BCUT2D eigenvalue weighted by molar-refractivity contribution is 5.85. The molecule has 1 heterocycles. The van der Waals surface area contributed by atoms with Crippen molar-refractivity contribution in [3.05, 3.63) is 0 Å². The van der Waals surface area contributed by atoms with Gasteiger partial charge in [0.1, 0.15) is 0 Å². The fourth-order valence-corrected chi connectivity index (χ4v) is 1.66. The monoisotopic (exact) mass is 227 g/mol. The van der Waals surface area contributed by atoms with Crippen LogP contribution in [-0.2, 0) is 4.74 Å². The number of hydrogen-bond donors (Lipinski definition) is 1. The first-order chi connectivity index (χ1) is 6.18. The van der Waals surface area contributed by atoms with Gasteiger partial charge in [-0.1, -0.05) is 0 Å². The Bertz CT molecular complexity index is 186. The van der Waals surface area contributed by atoms with Crippen LogP contribution in [0.2, 0.25) is 0 Å². The second kappa shape index (κ2) is 4.73. The maximum Gasteiger partial charge on any atom is 0.253 e. The molecule has 0 aromatic heterocycles. The maximum atomic E-state index is 12.5. The van der Waals surface area contributed by atoms with Gasteiger partial charge in [-0.05, 0) is 19.4 Å². The largest absolute Gasteiger partial charge is 0.376 e. The molecule has 14 heavy (non-hydrogen) atoms. The molecule has 2 nitrogen and oxygen atoms in total. The third-order valence-corrected chi connectivity index (χ3v) is 2.74. The molecule has 2 rings (SSSR count). The Morgan fingerprint density at radius 1 is 1.43 bits per heavy atom. The van der Waals surface area contributed by atoms with E-state index in [1.165, 1.54) is 0 Å². The summed E-state index contributed by atoms with van der Waals surface area (Å²) in [6.45, 7) is 2.08. The molecule has 0 spiro atoms. The fraction of sp³-hybridized carbons (Fsp3) is 1.00. The van der Waals surface area contributed by atoms with Gasteiger partial charge in [0.05, 0.1) is 18.6 Å². The predicted molar refractivity (Wildman–Crippen MR) is 52.1 cm³/mol. The van der Waals surface area contributed by atoms with Gasteiger partial charge < -0.3 is 10.1 Å². The zero-order valence-corrected chi connectivity index (χ0v) is 8.79. The Morgan fingerprint density at radius 3 is 2.64 bits per heavy atom. The molecule has 0 radical (unpaired) electrons. The molecule has 0 aromatic rings. The van der Waals surface area contributed by atoms with Gasteiger partial charge in [0.2, 0.25) is 0 Å². The number of piperidine rings is 1. The highest BCUT2D eigenvalue weighted by atomic mass is 35.5. The van der Waals surface area contributed by atoms with Crippen LogP contribution < -0.4 is 5.32 Å². The van der Waals surface area contributed by atoms with Crippen LogP contribution in [0.4, 0.5) is 8.78 Å². The molecule has 1 saturated heterocycles. The molecule has 0 amide bonds. The van der Waals surface area contributed by atoms with Crippen molar-refractivity contribution < 1.29 is 13.5 Å². The highest BCUT2D eigenvalue weighted by Crippen LogP contribution is 2.48. The molecule has 2 fully saturated rings. The lowest BCUT2D eigenvalue weighted by Gasteiger charge is -2.22. The maximum absolute atomic E-state index is 12.5. The first kappa shape index (κ1) is 12.1. The summed E-state index contributed by atoms with van der Waals surface area (Å²) in [5.74, 6) is -2.93. The number of nitrogens with one attached hydrogen (secondary N) is 1. The lowest BCUT2D eigenvalue weighted by Crippen LogP contribution is -2.35. The van der Waals surface area contributed by atoms with E-state index in [9.17, 15) is 8.78 Å². The first-order valence-electron chi connectivity index (χ1n) is 4.88. The molecular formula is C9H16ClF2NO. The van der Waals surface area contributed by atoms with Crippen molar-refractivity contribution in [1.82, 2.24) is 5.32 Å². The van der Waals surface area contributed by atoms with Gasteiger partial charge >= 0.3 is 0 Å². The Balaban J connectivity index is 0.000000980. The van der Waals surface area contributed by atoms with Crippen LogP contribution >= 0.6 is 12.4 Å². The van der Waals surface area contributed by atoms with E-state index in [4.69, 9.17) is 4.74 Å². The molecule has 1 aliphatic carbocycles. The van der Waals surface area contributed by atoms with Crippen LogP contribution in [0.5, 0.6) is 0 Å². The van der Waals surface area contributed by atoms with Crippen molar-refractivity contribution >= 4 is 12.4 Å². The number of alkyl halides is 2. The molecule has 2 aliphatic rings. The summed E-state index contributed by atoms with van der Waals surface area (Å²) in [4.78, 5) is 0. The molecular weight excluding hydrogens is 212 g/mol. The van der Waals surface area contributed by atoms with E-state index >= 15 is 0 Å². The van der Waals surface area contributed by atoms with Crippen molar-refractivity contribution in [1.29, 1.82) is 0 Å². The van der Waals surface area contributed by atoms with Crippen LogP contribution in [0, 0.1) is 5.92 Å². The summed E-state index contributed by atoms with van der Waals surface area (Å²) in [6, 6.07) is 0. The number of halogens is 3. The average molecular weight is 228 g/mol. The van der Waals surface area contributed by atoms with Gasteiger partial charge in [-0.25, -0.2) is 8.78 Å². The van der Waals surface area contributed by atoms with Gasteiger partial charge in [-0.3, -0.25) is 0 Å². The third-order valence-electron chi connectivity index (χ3n) is 2.74. The van der Waals surface area contributed by atoms with Crippen LogP contribution in [0.15, 0.2) is 0 Å². The van der Waals surface area contributed by atoms with Crippen molar-refractivity contribution in [2.45, 2.75) is 31.3 Å². The SMILES string of the molecule is Cl.FC1(F)CC1COC1CCCNC1. The lowest BCUT2D eigenvalue weighted by atomic mass is 10.1. The van der Waals surface area contributed by atoms with Crippen LogP contribution in [0.3, 0.4) is 0 Å². The molecule has 0 aromatic carbocycles. The topological polar surface area (TPSA) is 21.3 Å². The summed E-state index contributed by atoms with van der Waals surface area (Å²) < 4.78 is 30.3. The average Bonchev–Trinajstić information content (AvgIpc) is 2.73. The lowest BCUT2D eigenvalue weighted by molar-refractivity contribution is 0.00537. The molecule has 5 heteroatoms. The van der Waals surface area contributed by atoms with E-state index in [0.717, 1.165) is 25.9 Å². The van der Waals surface area contributed by atoms with Gasteiger partial charge in [0, 0.05) is 13.0 Å². The summed E-state index contributed by atoms with van der Waals surface area (Å²) in [7, 11) is 0. The number of rotatable bonds is 3. The molecule has 2 atom stereocenters. The zero-order valence-electron chi connectivity index (χ0n) is 7.97. The molecule has 84 valence electrons. The fourth-order valence-electron chi connectivity index (χ4n) is 1.66. The summed E-state index contributed by atoms with van der Waals surface area (Å²) >= 11 is 0. The van der Waals surface area contributed by atoms with Crippen molar-refractivity contribution in [2.75, 3.05) is 19.7 Å². The van der Waals surface area contributed by atoms with Gasteiger partial charge in [0.25, 0.3) is 5.92 Å². The van der Waals surface area contributed by atoms with Crippen molar-refractivity contribution in [3.63, 3.8) is 0 Å². The van der Waals surface area contributed by atoms with E-state index in [1.54, 1.807) is 0 Å². The van der Waals surface area contributed by atoms with Crippen LogP contribution in [0.1, 0.15) is 19.3 Å². The summed E-state index contributed by atoms with van der Waals surface area (Å²) in [5, 5.41) is 3.19. The smallest absolute Gasteiger partial charge is 0.253 e. The zero-order chi connectivity index (χ0) is 9.31. The summed E-state index contributed by atoms with van der Waals surface area (Å²) in [5.41, 5.74) is 0. The predicted octanol–water partition coefficient (Wildman–Crippen LogP) is 1.83. The molecule has 0 bridgehead atoms. The van der Waals surface area contributed by atoms with Gasteiger partial charge in [0.15, 0.2) is 0 Å². The second-order valence-corrected chi connectivity index (χ2v) is 3.96. The highest BCUT2D eigenvalue weighted by Gasteiger charge is 2.56. The summed E-state index contributed by atoms with van der Waals surface area (Å²) in [6.07, 6.45) is 2.27. The quantitative estimate of drug-likeness (QED) is 0.795. The molecule has 2 unspecified atom stereocenters. The van der Waals surface area contributed by atoms with E-state index in [-0.39, 0.29) is 31.5 Å². The third kappa shape index (κ3) is 3.04. The van der Waals surface area contributed by atoms with E-state index in [1.807, 2.05) is 0 Å². The van der Waals surface area contributed by atoms with E-state index < -0.39 is 11.8 Å². The Morgan fingerprint density at radius 2 is 2.14 bits per heavy atom. The Labute approximate surface area is 88.8 Å². The Kier molecular flexibility index (Phi) is 4.10. The molecule has 1 N–H and O–H groups in total. The Hall–Kier alpha value is 0.0700. The minimum atomic E-state index is -2.43. The van der Waals surface area contributed by atoms with Crippen molar-refractivity contribution in [3.8, 4) is 0 Å².